The first kappa shape index (κ1) is 48.1. The van der Waals surface area contributed by atoms with Crippen LogP contribution in [0.25, 0.3) is 33.4 Å². The summed E-state index contributed by atoms with van der Waals surface area (Å²) < 4.78 is 58.3. The lowest BCUT2D eigenvalue weighted by Crippen LogP contribution is -2.60. The fraction of sp³-hybridized carbons (Fsp3) is 0.587. The average molecular weight is 927 g/mol. The van der Waals surface area contributed by atoms with Crippen molar-refractivity contribution in [3.05, 3.63) is 52.1 Å². The molecule has 4 N–H and O–H groups in total. The number of carbonyl (C=O) groups excluding carboxylic acids is 2. The van der Waals surface area contributed by atoms with E-state index in [1.54, 1.807) is 57.5 Å². The van der Waals surface area contributed by atoms with Gasteiger partial charge in [-0.25, -0.2) is 28.4 Å². The van der Waals surface area contributed by atoms with Gasteiger partial charge in [0.05, 0.1) is 45.6 Å². The van der Waals surface area contributed by atoms with Gasteiger partial charge >= 0.3 is 12.1 Å². The van der Waals surface area contributed by atoms with E-state index in [1.807, 2.05) is 19.9 Å². The number of methoxy groups -OCH3 is 1. The van der Waals surface area contributed by atoms with Gasteiger partial charge in [-0.3, -0.25) is 24.5 Å². The zero-order valence-corrected chi connectivity index (χ0v) is 38.9. The highest BCUT2D eigenvalue weighted by atomic mass is 32.1. The van der Waals surface area contributed by atoms with Gasteiger partial charge in [0.2, 0.25) is 6.30 Å². The van der Waals surface area contributed by atoms with Gasteiger partial charge in [0.15, 0.2) is 0 Å². The number of carboxylic acids is 1. The van der Waals surface area contributed by atoms with E-state index in [0.29, 0.717) is 57.4 Å². The summed E-state index contributed by atoms with van der Waals surface area (Å²) in [5, 5.41) is 26.8. The minimum atomic E-state index is -3.38. The van der Waals surface area contributed by atoms with Crippen LogP contribution in [-0.2, 0) is 31.9 Å². The van der Waals surface area contributed by atoms with Gasteiger partial charge in [0.1, 0.15) is 17.7 Å². The molecule has 1 aromatic carbocycles. The van der Waals surface area contributed by atoms with Crippen molar-refractivity contribution in [2.45, 2.75) is 123 Å². The van der Waals surface area contributed by atoms with E-state index >= 15 is 4.39 Å². The molecule has 1 saturated carbocycles. The SMILES string of the molecule is CO[C@@H](C)c1ncc(N2CCN(C3CC3)CC2)cc1-c1c(CC(C)(C)CO)c2cc(-c3csc(CC(NC(=O)OC(C)(C)C)C(=O)N4CCCC(C(=O)O)N4)n3)ccc2n1C(F)C(F)F. The predicted molar refractivity (Wildman–Crippen MR) is 242 cm³/mol. The molecule has 3 fully saturated rings. The number of nitrogens with one attached hydrogen (secondary N) is 2. The zero-order valence-electron chi connectivity index (χ0n) is 38.1. The lowest BCUT2D eigenvalue weighted by molar-refractivity contribution is -0.147. The highest BCUT2D eigenvalue weighted by molar-refractivity contribution is 7.10. The van der Waals surface area contributed by atoms with Crippen molar-refractivity contribution < 1.29 is 47.2 Å². The highest BCUT2D eigenvalue weighted by Crippen LogP contribution is 2.45. The summed E-state index contributed by atoms with van der Waals surface area (Å²) in [7, 11) is 1.53. The second-order valence-electron chi connectivity index (χ2n) is 19.1. The Bertz CT molecular complexity index is 2360. The van der Waals surface area contributed by atoms with Gasteiger partial charge in [0.25, 0.3) is 12.3 Å². The number of hydrogen-bond acceptors (Lipinski definition) is 12. The van der Waals surface area contributed by atoms with Gasteiger partial charge in [0, 0.05) is 80.8 Å². The van der Waals surface area contributed by atoms with E-state index in [9.17, 15) is 33.4 Å². The number of rotatable bonds is 16. The number of alkyl carbamates (subject to hydrolysis) is 1. The Morgan fingerprint density at radius 1 is 1.03 bits per heavy atom. The molecular formula is C46H61F3N8O7S. The van der Waals surface area contributed by atoms with Crippen LogP contribution >= 0.6 is 11.3 Å². The standard InChI is InChI=1S/C46H61F3N8O7S/c1-26(63-7)38-31(20-29(23-50-38)55-17-15-54(16-18-55)28-11-12-28)39-32(22-46(5,6)25-58)30-19-27(10-13-36(30)57(39)41(49)40(47)48)35-24-65-37(51-35)21-34(52-44(62)64-45(2,3)4)42(59)56-14-8-9-33(53-56)43(60)61/h10,13,19-20,23-24,26,28,33-34,40-41,53,58H,8-9,11-12,14-18,21-22,25H2,1-7H3,(H,52,62)(H,60,61)/t26-,33?,34?,41?/m0/s1. The molecule has 4 atom stereocenters. The number of alkyl halides is 3. The number of pyridine rings is 1. The number of aliphatic carboxylic acids is 1. The van der Waals surface area contributed by atoms with Crippen molar-refractivity contribution in [2.75, 3.05) is 51.3 Å². The van der Waals surface area contributed by atoms with Crippen molar-refractivity contribution in [2.24, 2.45) is 5.41 Å². The Morgan fingerprint density at radius 2 is 1.75 bits per heavy atom. The number of amides is 2. The lowest BCUT2D eigenvalue weighted by atomic mass is 9.84. The predicted octanol–water partition coefficient (Wildman–Crippen LogP) is 7.13. The molecule has 4 aromatic rings. The molecule has 1 aliphatic carbocycles. The number of aliphatic hydroxyl groups excluding tert-OH is 1. The fourth-order valence-electron chi connectivity index (χ4n) is 8.64. The monoisotopic (exact) mass is 926 g/mol. The van der Waals surface area contributed by atoms with E-state index in [4.69, 9.17) is 19.4 Å². The van der Waals surface area contributed by atoms with Crippen molar-refractivity contribution in [3.8, 4) is 22.5 Å². The largest absolute Gasteiger partial charge is 0.480 e. The quantitative estimate of drug-likeness (QED) is 0.0897. The molecule has 3 aliphatic rings. The number of anilines is 1. The minimum Gasteiger partial charge on any atom is -0.480 e. The van der Waals surface area contributed by atoms with Crippen LogP contribution in [0.4, 0.5) is 23.7 Å². The summed E-state index contributed by atoms with van der Waals surface area (Å²) in [6, 6.07) is 5.44. The number of hydrogen-bond donors (Lipinski definition) is 4. The van der Waals surface area contributed by atoms with Crippen LogP contribution < -0.4 is 15.6 Å². The van der Waals surface area contributed by atoms with Crippen LogP contribution in [-0.4, -0.2) is 129 Å². The lowest BCUT2D eigenvalue weighted by Gasteiger charge is -2.36. The molecule has 65 heavy (non-hydrogen) atoms. The summed E-state index contributed by atoms with van der Waals surface area (Å²) in [5.41, 5.74) is 4.86. The van der Waals surface area contributed by atoms with Gasteiger partial charge in [-0.2, -0.15) is 0 Å². The molecule has 7 rings (SSSR count). The van der Waals surface area contributed by atoms with Gasteiger partial charge in [-0.15, -0.1) is 11.3 Å². The number of aromatic nitrogens is 3. The first-order chi connectivity index (χ1) is 30.8. The maximum absolute atomic E-state index is 16.4. The summed E-state index contributed by atoms with van der Waals surface area (Å²) >= 11 is 1.23. The molecule has 354 valence electrons. The van der Waals surface area contributed by atoms with Crippen LogP contribution in [0.15, 0.2) is 35.8 Å². The molecule has 3 aromatic heterocycles. The first-order valence-corrected chi connectivity index (χ1v) is 23.1. The number of fused-ring (bicyclic) bond motifs is 1. The van der Waals surface area contributed by atoms with E-state index in [0.717, 1.165) is 36.4 Å². The van der Waals surface area contributed by atoms with Crippen molar-refractivity contribution in [3.63, 3.8) is 0 Å². The van der Waals surface area contributed by atoms with E-state index in [-0.39, 0.29) is 37.2 Å². The third kappa shape index (κ3) is 11.1. The van der Waals surface area contributed by atoms with Gasteiger partial charge in [-0.05, 0) is 89.0 Å². The van der Waals surface area contributed by atoms with Crippen LogP contribution in [0.1, 0.15) is 95.9 Å². The Hall–Kier alpha value is -4.82. The summed E-state index contributed by atoms with van der Waals surface area (Å²) in [5.74, 6) is -1.67. The number of aliphatic hydroxyl groups is 1. The van der Waals surface area contributed by atoms with Crippen molar-refractivity contribution >= 4 is 45.9 Å². The number of hydrazine groups is 1. The first-order valence-electron chi connectivity index (χ1n) is 22.2. The molecule has 15 nitrogen and oxygen atoms in total. The maximum atomic E-state index is 16.4. The number of halogens is 3. The smallest absolute Gasteiger partial charge is 0.408 e. The van der Waals surface area contributed by atoms with Crippen LogP contribution in [0.2, 0.25) is 0 Å². The van der Waals surface area contributed by atoms with Crippen molar-refractivity contribution in [1.29, 1.82) is 0 Å². The molecule has 5 heterocycles. The van der Waals surface area contributed by atoms with Crippen LogP contribution in [0, 0.1) is 5.41 Å². The average Bonchev–Trinajstić information content (AvgIpc) is 3.95. The summed E-state index contributed by atoms with van der Waals surface area (Å²) in [6.07, 6.45) is -2.47. The molecule has 3 unspecified atom stereocenters. The maximum Gasteiger partial charge on any atom is 0.408 e. The molecule has 2 aliphatic heterocycles. The van der Waals surface area contributed by atoms with E-state index in [1.165, 1.54) is 36.3 Å². The van der Waals surface area contributed by atoms with E-state index < -0.39 is 59.9 Å². The highest BCUT2D eigenvalue weighted by Gasteiger charge is 2.37. The van der Waals surface area contributed by atoms with Crippen LogP contribution in [0.5, 0.6) is 0 Å². The van der Waals surface area contributed by atoms with Crippen LogP contribution in [0.3, 0.4) is 0 Å². The molecule has 0 radical (unpaired) electrons. The molecule has 2 amide bonds. The Balaban J connectivity index is 1.30. The molecular weight excluding hydrogens is 866 g/mol. The zero-order chi connectivity index (χ0) is 47.0. The van der Waals surface area contributed by atoms with Crippen molar-refractivity contribution in [1.82, 2.24) is 35.2 Å². The second kappa shape index (κ2) is 19.6. The normalized spacial score (nSPS) is 19.1. The third-order valence-corrected chi connectivity index (χ3v) is 13.1. The third-order valence-electron chi connectivity index (χ3n) is 12.3. The number of carboxylic acid groups (broad SMARTS) is 1. The number of ether oxygens (including phenoxy) is 2. The minimum absolute atomic E-state index is 0.0608. The molecule has 19 heteroatoms. The number of carbonyl (C=O) groups is 3. The Morgan fingerprint density at radius 3 is 2.38 bits per heavy atom. The number of thiazole rings is 1. The van der Waals surface area contributed by atoms with Gasteiger partial charge < -0.3 is 34.5 Å². The molecule has 0 spiro atoms. The number of piperazine rings is 1. The fourth-order valence-corrected chi connectivity index (χ4v) is 9.49. The summed E-state index contributed by atoms with van der Waals surface area (Å²) in [4.78, 5) is 53.1. The molecule has 2 saturated heterocycles. The van der Waals surface area contributed by atoms with E-state index in [2.05, 4.69) is 20.5 Å². The van der Waals surface area contributed by atoms with Gasteiger partial charge in [-0.1, -0.05) is 19.9 Å². The topological polar surface area (TPSA) is 175 Å². The number of nitrogens with zero attached hydrogens (tertiary/aromatic N) is 6. The Labute approximate surface area is 381 Å². The summed E-state index contributed by atoms with van der Waals surface area (Å²) in [6.45, 7) is 13.8. The molecule has 0 bridgehead atoms. The second-order valence-corrected chi connectivity index (χ2v) is 20.0. The Kier molecular flexibility index (Phi) is 14.5. The number of benzene rings is 1.